The third kappa shape index (κ3) is 4.29. The fourth-order valence-corrected chi connectivity index (χ4v) is 3.12. The predicted octanol–water partition coefficient (Wildman–Crippen LogP) is 4.27. The van der Waals surface area contributed by atoms with Crippen molar-refractivity contribution in [2.75, 3.05) is 29.6 Å². The summed E-state index contributed by atoms with van der Waals surface area (Å²) in [5, 5.41) is 6.48. The largest absolute Gasteiger partial charge is 0.378 e. The van der Waals surface area contributed by atoms with Crippen molar-refractivity contribution in [3.05, 3.63) is 52.5 Å². The molecule has 0 bridgehead atoms. The number of benzene rings is 2. The molecular weight excluding hydrogens is 373 g/mol. The Kier molecular flexibility index (Phi) is 5.39. The van der Waals surface area contributed by atoms with Gasteiger partial charge in [0.2, 0.25) is 11.8 Å². The molecule has 0 aromatic heterocycles. The van der Waals surface area contributed by atoms with E-state index in [4.69, 9.17) is 23.2 Å². The number of carbonyl (C=O) groups excluding carboxylic acids is 2. The maximum absolute atomic E-state index is 12.3. The Bertz CT molecular complexity index is 837. The topological polar surface area (TPSA) is 61.4 Å². The van der Waals surface area contributed by atoms with Gasteiger partial charge in [0, 0.05) is 30.5 Å². The molecule has 2 atom stereocenters. The molecule has 2 unspecified atom stereocenters. The van der Waals surface area contributed by atoms with Crippen molar-refractivity contribution in [3.8, 4) is 0 Å². The van der Waals surface area contributed by atoms with Crippen LogP contribution in [0.15, 0.2) is 42.5 Å². The zero-order valence-electron chi connectivity index (χ0n) is 14.4. The summed E-state index contributed by atoms with van der Waals surface area (Å²) in [6.07, 6.45) is 0.526. The zero-order valence-corrected chi connectivity index (χ0v) is 15.9. The van der Waals surface area contributed by atoms with Crippen LogP contribution in [0.3, 0.4) is 0 Å². The van der Waals surface area contributed by atoms with Crippen molar-refractivity contribution in [3.63, 3.8) is 0 Å². The standard InChI is InChI=1S/C19H19Cl2N3O2/c1-24(2)13-6-4-12(5-7-13)22-18(25)14-10-15(14)19(26)23-17-8-3-11(20)9-16(17)21/h3-9,14-15H,10H2,1-2H3,(H,22,25)(H,23,26). The van der Waals surface area contributed by atoms with Crippen molar-refractivity contribution in [2.24, 2.45) is 11.8 Å². The molecule has 5 nitrogen and oxygen atoms in total. The molecule has 0 radical (unpaired) electrons. The number of halogens is 2. The average molecular weight is 392 g/mol. The van der Waals surface area contributed by atoms with E-state index in [9.17, 15) is 9.59 Å². The molecule has 0 spiro atoms. The quantitative estimate of drug-likeness (QED) is 0.799. The van der Waals surface area contributed by atoms with Crippen LogP contribution in [0, 0.1) is 11.8 Å². The number of carbonyl (C=O) groups is 2. The fraction of sp³-hybridized carbons (Fsp3) is 0.263. The minimum absolute atomic E-state index is 0.148. The first-order valence-electron chi connectivity index (χ1n) is 8.19. The van der Waals surface area contributed by atoms with E-state index >= 15 is 0 Å². The number of hydrogen-bond donors (Lipinski definition) is 2. The van der Waals surface area contributed by atoms with Gasteiger partial charge in [0.05, 0.1) is 22.5 Å². The zero-order chi connectivity index (χ0) is 18.8. The van der Waals surface area contributed by atoms with Crippen molar-refractivity contribution < 1.29 is 9.59 Å². The van der Waals surface area contributed by atoms with E-state index in [1.54, 1.807) is 18.2 Å². The van der Waals surface area contributed by atoms with E-state index in [-0.39, 0.29) is 23.7 Å². The first kappa shape index (κ1) is 18.5. The van der Waals surface area contributed by atoms with E-state index < -0.39 is 0 Å². The van der Waals surface area contributed by atoms with Crippen molar-refractivity contribution >= 4 is 52.1 Å². The van der Waals surface area contributed by atoms with E-state index in [1.807, 2.05) is 43.3 Å². The molecule has 2 aromatic carbocycles. The van der Waals surface area contributed by atoms with Crippen molar-refractivity contribution in [1.29, 1.82) is 0 Å². The highest BCUT2D eigenvalue weighted by atomic mass is 35.5. The third-order valence-corrected chi connectivity index (χ3v) is 4.85. The number of hydrogen-bond acceptors (Lipinski definition) is 3. The van der Waals surface area contributed by atoms with E-state index in [1.165, 1.54) is 0 Å². The van der Waals surface area contributed by atoms with Crippen LogP contribution in [-0.2, 0) is 9.59 Å². The molecule has 26 heavy (non-hydrogen) atoms. The molecule has 2 aromatic rings. The highest BCUT2D eigenvalue weighted by Crippen LogP contribution is 2.40. The first-order valence-corrected chi connectivity index (χ1v) is 8.95. The van der Waals surface area contributed by atoms with Crippen LogP contribution in [0.4, 0.5) is 17.1 Å². The van der Waals surface area contributed by atoms with Gasteiger partial charge in [0.25, 0.3) is 0 Å². The van der Waals surface area contributed by atoms with Gasteiger partial charge in [-0.15, -0.1) is 0 Å². The van der Waals surface area contributed by atoms with E-state index in [0.717, 1.165) is 5.69 Å². The lowest BCUT2D eigenvalue weighted by Crippen LogP contribution is -2.20. The van der Waals surface area contributed by atoms with Gasteiger partial charge in [-0.1, -0.05) is 23.2 Å². The summed E-state index contributed by atoms with van der Waals surface area (Å²) in [7, 11) is 3.90. The molecule has 0 heterocycles. The van der Waals surface area contributed by atoms with Crippen molar-refractivity contribution in [2.45, 2.75) is 6.42 Å². The van der Waals surface area contributed by atoms with Crippen LogP contribution in [0.1, 0.15) is 6.42 Å². The molecular formula is C19H19Cl2N3O2. The predicted molar refractivity (Wildman–Crippen MR) is 106 cm³/mol. The fourth-order valence-electron chi connectivity index (χ4n) is 2.67. The summed E-state index contributed by atoms with van der Waals surface area (Å²) < 4.78 is 0. The molecule has 2 amide bonds. The number of nitrogens with one attached hydrogen (secondary N) is 2. The Hall–Kier alpha value is -2.24. The van der Waals surface area contributed by atoms with Gasteiger partial charge in [0.1, 0.15) is 0 Å². The van der Waals surface area contributed by atoms with Crippen LogP contribution in [-0.4, -0.2) is 25.9 Å². The van der Waals surface area contributed by atoms with E-state index in [0.29, 0.717) is 27.8 Å². The third-order valence-electron chi connectivity index (χ3n) is 4.30. The summed E-state index contributed by atoms with van der Waals surface area (Å²) in [4.78, 5) is 26.6. The average Bonchev–Trinajstić information content (AvgIpc) is 3.39. The Labute approximate surface area is 162 Å². The summed E-state index contributed by atoms with van der Waals surface area (Å²) in [5.74, 6) is -1.03. The molecule has 2 N–H and O–H groups in total. The maximum atomic E-state index is 12.3. The van der Waals surface area contributed by atoms with Gasteiger partial charge in [-0.2, -0.15) is 0 Å². The number of anilines is 3. The number of amides is 2. The molecule has 1 aliphatic rings. The molecule has 3 rings (SSSR count). The monoisotopic (exact) mass is 391 g/mol. The SMILES string of the molecule is CN(C)c1ccc(NC(=O)C2CC2C(=O)Nc2ccc(Cl)cc2Cl)cc1. The molecule has 7 heteroatoms. The molecule has 136 valence electrons. The summed E-state index contributed by atoms with van der Waals surface area (Å²) in [6.45, 7) is 0. The lowest BCUT2D eigenvalue weighted by Gasteiger charge is -2.13. The van der Waals surface area contributed by atoms with Gasteiger partial charge < -0.3 is 15.5 Å². The lowest BCUT2D eigenvalue weighted by atomic mass is 10.2. The second-order valence-corrected chi connectivity index (χ2v) is 7.34. The first-order chi connectivity index (χ1) is 12.3. The lowest BCUT2D eigenvalue weighted by molar-refractivity contribution is -0.122. The summed E-state index contributed by atoms with van der Waals surface area (Å²) >= 11 is 11.9. The summed E-state index contributed by atoms with van der Waals surface area (Å²) in [5.41, 5.74) is 2.25. The van der Waals surface area contributed by atoms with Crippen LogP contribution < -0.4 is 15.5 Å². The Morgan fingerprint density at radius 2 is 1.58 bits per heavy atom. The highest BCUT2D eigenvalue weighted by Gasteiger charge is 2.48. The molecule has 1 saturated carbocycles. The molecule has 0 aliphatic heterocycles. The van der Waals surface area contributed by atoms with Gasteiger partial charge >= 0.3 is 0 Å². The minimum atomic E-state index is -0.345. The van der Waals surface area contributed by atoms with Gasteiger partial charge in [-0.05, 0) is 48.9 Å². The Morgan fingerprint density at radius 1 is 0.962 bits per heavy atom. The van der Waals surface area contributed by atoms with Gasteiger partial charge in [-0.3, -0.25) is 9.59 Å². The number of rotatable bonds is 5. The second-order valence-electron chi connectivity index (χ2n) is 6.49. The normalized spacial score (nSPS) is 18.2. The van der Waals surface area contributed by atoms with Crippen molar-refractivity contribution in [1.82, 2.24) is 0 Å². The number of nitrogens with zero attached hydrogens (tertiary/aromatic N) is 1. The molecule has 1 aliphatic carbocycles. The Balaban J connectivity index is 1.55. The van der Waals surface area contributed by atoms with Crippen LogP contribution >= 0.6 is 23.2 Å². The molecule has 1 fully saturated rings. The Morgan fingerprint density at radius 3 is 2.15 bits per heavy atom. The second kappa shape index (κ2) is 7.56. The van der Waals surface area contributed by atoms with Crippen LogP contribution in [0.5, 0.6) is 0 Å². The smallest absolute Gasteiger partial charge is 0.228 e. The van der Waals surface area contributed by atoms with E-state index in [2.05, 4.69) is 10.6 Å². The van der Waals surface area contributed by atoms with Crippen LogP contribution in [0.2, 0.25) is 10.0 Å². The van der Waals surface area contributed by atoms with Crippen LogP contribution in [0.25, 0.3) is 0 Å². The van der Waals surface area contributed by atoms with Gasteiger partial charge in [0.15, 0.2) is 0 Å². The van der Waals surface area contributed by atoms with Gasteiger partial charge in [-0.25, -0.2) is 0 Å². The minimum Gasteiger partial charge on any atom is -0.378 e. The maximum Gasteiger partial charge on any atom is 0.228 e. The summed E-state index contributed by atoms with van der Waals surface area (Å²) in [6, 6.07) is 12.4. The molecule has 0 saturated heterocycles. The highest BCUT2D eigenvalue weighted by molar-refractivity contribution is 6.36.